The van der Waals surface area contributed by atoms with Gasteiger partial charge in [0.2, 0.25) is 0 Å². The van der Waals surface area contributed by atoms with Crippen molar-refractivity contribution in [1.29, 1.82) is 0 Å². The Morgan fingerprint density at radius 2 is 0.717 bits per heavy atom. The summed E-state index contributed by atoms with van der Waals surface area (Å²) in [6.45, 7) is 0. The molecule has 0 unspecified atom stereocenters. The Kier molecular flexibility index (Phi) is 7.55. The van der Waals surface area contributed by atoms with Gasteiger partial charge in [0.05, 0.1) is 5.69 Å². The molecule has 0 spiro atoms. The monoisotopic (exact) mass is 673 g/mol. The Morgan fingerprint density at radius 1 is 0.226 bits per heavy atom. The third-order valence-electron chi connectivity index (χ3n) is 10.6. The molecule has 0 heterocycles. The van der Waals surface area contributed by atoms with Crippen LogP contribution in [0.2, 0.25) is 0 Å². The van der Waals surface area contributed by atoms with E-state index in [0.29, 0.717) is 0 Å². The highest BCUT2D eigenvalue weighted by Crippen LogP contribution is 2.42. The van der Waals surface area contributed by atoms with Crippen LogP contribution in [-0.2, 0) is 0 Å². The molecule has 10 aromatic carbocycles. The highest BCUT2D eigenvalue weighted by Gasteiger charge is 2.17. The van der Waals surface area contributed by atoms with Gasteiger partial charge in [-0.3, -0.25) is 0 Å². The molecule has 248 valence electrons. The van der Waals surface area contributed by atoms with Crippen molar-refractivity contribution in [3.63, 3.8) is 0 Å². The minimum atomic E-state index is 1.11. The normalized spacial score (nSPS) is 11.4. The summed E-state index contributed by atoms with van der Waals surface area (Å²) in [5.41, 5.74) is 10.6. The zero-order valence-electron chi connectivity index (χ0n) is 29.2. The molecule has 1 nitrogen and oxygen atoms in total. The number of hydrogen-bond donors (Lipinski definition) is 0. The molecular formula is C52H35N. The Balaban J connectivity index is 1.09. The van der Waals surface area contributed by atoms with E-state index in [1.807, 2.05) is 0 Å². The van der Waals surface area contributed by atoms with Crippen LogP contribution in [0, 0.1) is 0 Å². The van der Waals surface area contributed by atoms with Gasteiger partial charge in [-0.2, -0.15) is 0 Å². The molecule has 0 fully saturated rings. The van der Waals surface area contributed by atoms with E-state index in [-0.39, 0.29) is 0 Å². The summed E-state index contributed by atoms with van der Waals surface area (Å²) >= 11 is 0. The number of nitrogens with zero attached hydrogens (tertiary/aromatic N) is 1. The van der Waals surface area contributed by atoms with Crippen molar-refractivity contribution in [2.45, 2.75) is 0 Å². The van der Waals surface area contributed by atoms with Gasteiger partial charge in [0.1, 0.15) is 0 Å². The van der Waals surface area contributed by atoms with Crippen LogP contribution in [0.3, 0.4) is 0 Å². The van der Waals surface area contributed by atoms with Gasteiger partial charge in [-0.25, -0.2) is 0 Å². The summed E-state index contributed by atoms with van der Waals surface area (Å²) in [6, 6.07) is 77.4. The Hall–Kier alpha value is -6.96. The van der Waals surface area contributed by atoms with Crippen molar-refractivity contribution < 1.29 is 0 Å². The number of fused-ring (bicyclic) bond motifs is 5. The van der Waals surface area contributed by atoms with Crippen molar-refractivity contribution in [2.75, 3.05) is 4.90 Å². The van der Waals surface area contributed by atoms with Crippen molar-refractivity contribution in [1.82, 2.24) is 0 Å². The van der Waals surface area contributed by atoms with E-state index in [4.69, 9.17) is 0 Å². The third-order valence-corrected chi connectivity index (χ3v) is 10.6. The molecule has 0 bridgehead atoms. The fraction of sp³-hybridized carbons (Fsp3) is 0. The van der Waals surface area contributed by atoms with Gasteiger partial charge in [-0.15, -0.1) is 0 Å². The lowest BCUT2D eigenvalue weighted by atomic mass is 9.97. The maximum absolute atomic E-state index is 2.41. The molecule has 0 saturated carbocycles. The molecule has 1 heteroatoms. The maximum Gasteiger partial charge on any atom is 0.0540 e. The van der Waals surface area contributed by atoms with Crippen LogP contribution in [-0.4, -0.2) is 0 Å². The molecule has 10 rings (SSSR count). The van der Waals surface area contributed by atoms with E-state index < -0.39 is 0 Å². The van der Waals surface area contributed by atoms with Gasteiger partial charge in [-0.1, -0.05) is 164 Å². The lowest BCUT2D eigenvalue weighted by Gasteiger charge is -2.28. The zero-order valence-corrected chi connectivity index (χ0v) is 29.2. The molecule has 10 aromatic rings. The standard InChI is InChI=1S/C52H35N/c1-3-13-40-33-45(24-22-36(40)10-1)43-16-7-15-42(32-43)38-26-29-47(30-27-38)53(52-21-9-20-50-49-19-6-5-12-39(49)28-31-51(50)52)48-18-8-17-44(35-48)46-25-23-37-11-2-4-14-41(37)34-46/h1-35H. The number of hydrogen-bond acceptors (Lipinski definition) is 1. The largest absolute Gasteiger partial charge is 0.310 e. The second-order valence-electron chi connectivity index (χ2n) is 13.8. The Bertz CT molecular complexity index is 2960. The molecule has 0 N–H and O–H groups in total. The van der Waals surface area contributed by atoms with Crippen molar-refractivity contribution in [3.05, 3.63) is 212 Å². The summed E-state index contributed by atoms with van der Waals surface area (Å²) in [5, 5.41) is 9.98. The molecule has 0 aromatic heterocycles. The minimum Gasteiger partial charge on any atom is -0.310 e. The molecule has 0 amide bonds. The number of anilines is 3. The van der Waals surface area contributed by atoms with Crippen LogP contribution < -0.4 is 4.90 Å². The van der Waals surface area contributed by atoms with E-state index in [0.717, 1.165) is 17.1 Å². The van der Waals surface area contributed by atoms with Crippen LogP contribution in [0.1, 0.15) is 0 Å². The predicted octanol–water partition coefficient (Wildman–Crippen LogP) is 14.8. The maximum atomic E-state index is 2.41. The fourth-order valence-electron chi connectivity index (χ4n) is 7.89. The van der Waals surface area contributed by atoms with E-state index in [2.05, 4.69) is 217 Å². The van der Waals surface area contributed by atoms with Crippen LogP contribution >= 0.6 is 0 Å². The first-order chi connectivity index (χ1) is 26.2. The molecule has 0 aliphatic carbocycles. The first-order valence-electron chi connectivity index (χ1n) is 18.2. The molecule has 0 atom stereocenters. The van der Waals surface area contributed by atoms with Crippen molar-refractivity contribution in [3.8, 4) is 33.4 Å². The van der Waals surface area contributed by atoms with Crippen LogP contribution in [0.4, 0.5) is 17.1 Å². The smallest absolute Gasteiger partial charge is 0.0540 e. The van der Waals surface area contributed by atoms with E-state index >= 15 is 0 Å². The highest BCUT2D eigenvalue weighted by molar-refractivity contribution is 6.12. The number of rotatable bonds is 6. The van der Waals surface area contributed by atoms with Gasteiger partial charge >= 0.3 is 0 Å². The summed E-state index contributed by atoms with van der Waals surface area (Å²) < 4.78 is 0. The van der Waals surface area contributed by atoms with Crippen LogP contribution in [0.5, 0.6) is 0 Å². The van der Waals surface area contributed by atoms with E-state index in [1.54, 1.807) is 0 Å². The molecular weight excluding hydrogens is 639 g/mol. The average molecular weight is 674 g/mol. The molecule has 0 saturated heterocycles. The summed E-state index contributed by atoms with van der Waals surface area (Å²) in [4.78, 5) is 2.41. The topological polar surface area (TPSA) is 3.24 Å². The minimum absolute atomic E-state index is 1.11. The third kappa shape index (κ3) is 5.69. The van der Waals surface area contributed by atoms with Crippen molar-refractivity contribution in [2.24, 2.45) is 0 Å². The number of benzene rings is 10. The predicted molar refractivity (Wildman–Crippen MR) is 227 cm³/mol. The van der Waals surface area contributed by atoms with Gasteiger partial charge in [0.25, 0.3) is 0 Å². The summed E-state index contributed by atoms with van der Waals surface area (Å²) in [7, 11) is 0. The van der Waals surface area contributed by atoms with Crippen LogP contribution in [0.15, 0.2) is 212 Å². The lowest BCUT2D eigenvalue weighted by molar-refractivity contribution is 1.30. The molecule has 53 heavy (non-hydrogen) atoms. The van der Waals surface area contributed by atoms with Gasteiger partial charge in [0.15, 0.2) is 0 Å². The molecule has 0 radical (unpaired) electrons. The Labute approximate surface area is 309 Å². The SMILES string of the molecule is c1cc(-c2ccc(N(c3cccc(-c4ccc5ccccc5c4)c3)c3cccc4c3ccc3ccccc34)cc2)cc(-c2ccc3ccccc3c2)c1. The second-order valence-corrected chi connectivity index (χ2v) is 13.8. The lowest BCUT2D eigenvalue weighted by Crippen LogP contribution is -2.10. The Morgan fingerprint density at radius 3 is 1.42 bits per heavy atom. The van der Waals surface area contributed by atoms with E-state index in [1.165, 1.54) is 76.5 Å². The molecule has 0 aliphatic rings. The fourth-order valence-corrected chi connectivity index (χ4v) is 7.89. The second kappa shape index (κ2) is 13.0. The highest BCUT2D eigenvalue weighted by atomic mass is 15.1. The summed E-state index contributed by atoms with van der Waals surface area (Å²) in [6.07, 6.45) is 0. The summed E-state index contributed by atoms with van der Waals surface area (Å²) in [5.74, 6) is 0. The molecule has 0 aliphatic heterocycles. The first-order valence-corrected chi connectivity index (χ1v) is 18.2. The van der Waals surface area contributed by atoms with Crippen LogP contribution in [0.25, 0.3) is 76.5 Å². The quantitative estimate of drug-likeness (QED) is 0.159. The van der Waals surface area contributed by atoms with E-state index in [9.17, 15) is 0 Å². The average Bonchev–Trinajstić information content (AvgIpc) is 3.24. The van der Waals surface area contributed by atoms with Gasteiger partial charge in [-0.05, 0) is 120 Å². The van der Waals surface area contributed by atoms with Gasteiger partial charge in [0, 0.05) is 16.8 Å². The first kappa shape index (κ1) is 30.8. The zero-order chi connectivity index (χ0) is 35.1. The van der Waals surface area contributed by atoms with Gasteiger partial charge < -0.3 is 4.90 Å². The van der Waals surface area contributed by atoms with Crippen molar-refractivity contribution >= 4 is 60.2 Å².